The number of nitrogens with one attached hydrogen (secondary N) is 1. The van der Waals surface area contributed by atoms with E-state index in [1.54, 1.807) is 6.07 Å². The molecule has 4 heterocycles. The predicted octanol–water partition coefficient (Wildman–Crippen LogP) is 2.56. The van der Waals surface area contributed by atoms with Crippen LogP contribution in [0.3, 0.4) is 0 Å². The summed E-state index contributed by atoms with van der Waals surface area (Å²) in [6.07, 6.45) is 8.14. The molecular weight excluding hydrogens is 447 g/mol. The fourth-order valence-corrected chi connectivity index (χ4v) is 4.44. The van der Waals surface area contributed by atoms with Crippen LogP contribution >= 0.6 is 0 Å². The lowest BCUT2D eigenvalue weighted by molar-refractivity contribution is 0.565. The van der Waals surface area contributed by atoms with Gasteiger partial charge in [-0.15, -0.1) is 0 Å². The highest BCUT2D eigenvalue weighted by Crippen LogP contribution is 2.30. The summed E-state index contributed by atoms with van der Waals surface area (Å²) >= 11 is 0. The molecule has 1 aliphatic carbocycles. The van der Waals surface area contributed by atoms with Gasteiger partial charge in [0.25, 0.3) is 0 Å². The van der Waals surface area contributed by atoms with Gasteiger partial charge in [0.2, 0.25) is 0 Å². The zero-order chi connectivity index (χ0) is 23.6. The molecule has 0 spiro atoms. The third kappa shape index (κ3) is 5.04. The fraction of sp³-hybridized carbons (Fsp3) is 0.333. The number of sulfone groups is 1. The number of anilines is 2. The zero-order valence-corrected chi connectivity index (χ0v) is 18.5. The number of nitrogens with zero attached hydrogens (tertiary/aromatic N) is 6. The molecule has 0 radical (unpaired) electrons. The Bertz CT molecular complexity index is 1380. The summed E-state index contributed by atoms with van der Waals surface area (Å²) in [5.41, 5.74) is 6.97. The summed E-state index contributed by atoms with van der Waals surface area (Å²) in [4.78, 5) is 20.5. The molecular formula is C21H21FN8O2S. The predicted molar refractivity (Wildman–Crippen MR) is 121 cm³/mol. The van der Waals surface area contributed by atoms with Gasteiger partial charge in [0.05, 0.1) is 29.1 Å². The van der Waals surface area contributed by atoms with Crippen molar-refractivity contribution < 1.29 is 12.8 Å². The maximum Gasteiger partial charge on any atom is 0.162 e. The van der Waals surface area contributed by atoms with Gasteiger partial charge < -0.3 is 11.1 Å². The van der Waals surface area contributed by atoms with E-state index in [4.69, 9.17) is 11.0 Å². The van der Waals surface area contributed by atoms with E-state index in [1.807, 2.05) is 6.07 Å². The second kappa shape index (κ2) is 9.03. The van der Waals surface area contributed by atoms with Gasteiger partial charge in [0.1, 0.15) is 40.6 Å². The van der Waals surface area contributed by atoms with E-state index in [1.165, 1.54) is 44.8 Å². The van der Waals surface area contributed by atoms with Crippen LogP contribution in [0.15, 0.2) is 35.8 Å². The van der Waals surface area contributed by atoms with E-state index in [0.29, 0.717) is 22.4 Å². The molecule has 0 aromatic carbocycles. The van der Waals surface area contributed by atoms with Crippen molar-refractivity contribution in [1.82, 2.24) is 19.9 Å². The summed E-state index contributed by atoms with van der Waals surface area (Å²) < 4.78 is 39.0. The molecule has 170 valence electrons. The molecule has 2 atom stereocenters. The van der Waals surface area contributed by atoms with Gasteiger partial charge in [-0.25, -0.2) is 32.7 Å². The van der Waals surface area contributed by atoms with Crippen molar-refractivity contribution in [3.63, 3.8) is 0 Å². The van der Waals surface area contributed by atoms with E-state index in [-0.39, 0.29) is 23.0 Å². The quantitative estimate of drug-likeness (QED) is 0.588. The number of fused-ring (bicyclic) bond motifs is 1. The molecule has 0 saturated heterocycles. The van der Waals surface area contributed by atoms with Crippen LogP contribution in [0.25, 0.3) is 11.0 Å². The number of amidine groups is 1. The molecule has 10 nitrogen and oxygen atoms in total. The number of halogens is 1. The Balaban J connectivity index is 0.000000799. The van der Waals surface area contributed by atoms with E-state index < -0.39 is 26.9 Å². The first-order valence-corrected chi connectivity index (χ1v) is 12.0. The summed E-state index contributed by atoms with van der Waals surface area (Å²) in [6, 6.07) is 3.92. The number of nitriles is 1. The smallest absolute Gasteiger partial charge is 0.162 e. The number of nitrogens with two attached hydrogens (primary N) is 1. The molecule has 3 aromatic rings. The molecule has 0 bridgehead atoms. The summed E-state index contributed by atoms with van der Waals surface area (Å²) in [7, 11) is -3.55. The number of aromatic nitrogens is 4. The minimum Gasteiger partial charge on any atom is -0.386 e. The number of hydrogen-bond donors (Lipinski definition) is 2. The van der Waals surface area contributed by atoms with E-state index in [9.17, 15) is 12.8 Å². The molecule has 1 aliphatic heterocycles. The van der Waals surface area contributed by atoms with Crippen molar-refractivity contribution in [3.05, 3.63) is 47.8 Å². The summed E-state index contributed by atoms with van der Waals surface area (Å²) in [6.45, 7) is 1.45. The number of pyridine rings is 2. The molecule has 5 rings (SSSR count). The Hall–Kier alpha value is -3.72. The SMILES string of the molecule is C1CC1.CC1C(N)=NC(c2cc(Nc3ncnc4cc(C#N)cnc34)ncc2F)CS1(=O)=O. The largest absolute Gasteiger partial charge is 0.386 e. The van der Waals surface area contributed by atoms with Crippen LogP contribution in [0.5, 0.6) is 0 Å². The molecule has 2 unspecified atom stereocenters. The van der Waals surface area contributed by atoms with Gasteiger partial charge in [0, 0.05) is 11.8 Å². The Morgan fingerprint density at radius 1 is 1.15 bits per heavy atom. The number of hydrogen-bond acceptors (Lipinski definition) is 10. The van der Waals surface area contributed by atoms with Crippen LogP contribution in [0.2, 0.25) is 0 Å². The van der Waals surface area contributed by atoms with Gasteiger partial charge in [-0.1, -0.05) is 19.3 Å². The van der Waals surface area contributed by atoms with Gasteiger partial charge >= 0.3 is 0 Å². The van der Waals surface area contributed by atoms with E-state index in [0.717, 1.165) is 6.20 Å². The first kappa shape index (κ1) is 22.5. The Morgan fingerprint density at radius 3 is 2.58 bits per heavy atom. The molecule has 12 heteroatoms. The van der Waals surface area contributed by atoms with E-state index >= 15 is 0 Å². The summed E-state index contributed by atoms with van der Waals surface area (Å²) in [5, 5.41) is 11.0. The number of rotatable bonds is 3. The molecule has 3 aromatic heterocycles. The van der Waals surface area contributed by atoms with Crippen molar-refractivity contribution in [2.45, 2.75) is 37.5 Å². The van der Waals surface area contributed by atoms with Crippen LogP contribution in [-0.2, 0) is 9.84 Å². The minimum atomic E-state index is -3.55. The van der Waals surface area contributed by atoms with Crippen molar-refractivity contribution in [2.75, 3.05) is 11.1 Å². The van der Waals surface area contributed by atoms with Gasteiger partial charge in [-0.2, -0.15) is 5.26 Å². The topological polar surface area (TPSA) is 160 Å². The third-order valence-corrected chi connectivity index (χ3v) is 7.20. The second-order valence-corrected chi connectivity index (χ2v) is 10.1. The van der Waals surface area contributed by atoms with E-state index in [2.05, 4.69) is 30.2 Å². The highest BCUT2D eigenvalue weighted by molar-refractivity contribution is 7.92. The van der Waals surface area contributed by atoms with Crippen LogP contribution in [-0.4, -0.2) is 45.2 Å². The van der Waals surface area contributed by atoms with Crippen molar-refractivity contribution in [2.24, 2.45) is 10.7 Å². The minimum absolute atomic E-state index is 0.0454. The van der Waals surface area contributed by atoms with Gasteiger partial charge in [-0.3, -0.25) is 4.99 Å². The van der Waals surface area contributed by atoms with Gasteiger partial charge in [-0.05, 0) is 19.1 Å². The lowest BCUT2D eigenvalue weighted by Crippen LogP contribution is -2.40. The van der Waals surface area contributed by atoms with Crippen LogP contribution in [0.1, 0.15) is 43.4 Å². The van der Waals surface area contributed by atoms with Crippen molar-refractivity contribution in [3.8, 4) is 6.07 Å². The molecule has 0 amide bonds. The Morgan fingerprint density at radius 2 is 1.91 bits per heavy atom. The van der Waals surface area contributed by atoms with Crippen LogP contribution < -0.4 is 11.1 Å². The maximum absolute atomic E-state index is 14.4. The molecule has 2 aliphatic rings. The first-order valence-electron chi connectivity index (χ1n) is 10.3. The first-order chi connectivity index (χ1) is 15.8. The highest BCUT2D eigenvalue weighted by atomic mass is 32.2. The van der Waals surface area contributed by atoms with Crippen molar-refractivity contribution in [1.29, 1.82) is 5.26 Å². The molecule has 3 N–H and O–H groups in total. The van der Waals surface area contributed by atoms with Crippen molar-refractivity contribution >= 4 is 38.3 Å². The highest BCUT2D eigenvalue weighted by Gasteiger charge is 2.35. The normalized spacial score (nSPS) is 20.7. The standard InChI is InChI=1S/C18H15FN8O2S.C3H6/c1-9-17(21)26-14(7-30(9,28)29)11-3-15(22-6-12(11)19)27-18-16-13(24-8-25-18)2-10(4-20)5-23-16;1-2-3-1/h2-3,5-6,8-9,14H,7H2,1H3,(H2,21,26)(H,22,24,25,27);1-3H2. The fourth-order valence-electron chi connectivity index (χ4n) is 3.03. The maximum atomic E-state index is 14.4. The molecule has 1 saturated carbocycles. The second-order valence-electron chi connectivity index (χ2n) is 7.74. The average molecular weight is 469 g/mol. The number of aliphatic imine (C=N–C) groups is 1. The lowest BCUT2D eigenvalue weighted by Gasteiger charge is -2.24. The average Bonchev–Trinajstić information content (AvgIpc) is 3.68. The lowest BCUT2D eigenvalue weighted by atomic mass is 10.1. The zero-order valence-electron chi connectivity index (χ0n) is 17.7. The monoisotopic (exact) mass is 468 g/mol. The van der Waals surface area contributed by atoms with Crippen LogP contribution in [0, 0.1) is 17.1 Å². The molecule has 1 fully saturated rings. The molecule has 33 heavy (non-hydrogen) atoms. The van der Waals surface area contributed by atoms with Crippen LogP contribution in [0.4, 0.5) is 16.0 Å². The van der Waals surface area contributed by atoms with Gasteiger partial charge in [0.15, 0.2) is 15.7 Å². The Kier molecular flexibility index (Phi) is 6.15. The summed E-state index contributed by atoms with van der Waals surface area (Å²) in [5.74, 6) is -0.610. The third-order valence-electron chi connectivity index (χ3n) is 5.10. The Labute approximate surface area is 189 Å².